The highest BCUT2D eigenvalue weighted by Gasteiger charge is 2.25. The van der Waals surface area contributed by atoms with Gasteiger partial charge in [0.25, 0.3) is 0 Å². The van der Waals surface area contributed by atoms with Crippen molar-refractivity contribution >= 4 is 17.7 Å². The largest absolute Gasteiger partial charge is 0.369 e. The zero-order valence-corrected chi connectivity index (χ0v) is 17.5. The Hall–Kier alpha value is -3.16. The van der Waals surface area contributed by atoms with Crippen molar-refractivity contribution in [3.63, 3.8) is 0 Å². The van der Waals surface area contributed by atoms with Crippen molar-refractivity contribution in [2.75, 3.05) is 25.0 Å². The molecule has 1 saturated heterocycles. The summed E-state index contributed by atoms with van der Waals surface area (Å²) in [7, 11) is 1.71. The van der Waals surface area contributed by atoms with Crippen LogP contribution in [-0.2, 0) is 17.9 Å². The van der Waals surface area contributed by atoms with Gasteiger partial charge in [-0.3, -0.25) is 9.79 Å². The number of nitrogens with one attached hydrogen (secondary N) is 2. The number of carbonyl (C=O) groups excluding carboxylic acids is 1. The molecule has 160 valence electrons. The van der Waals surface area contributed by atoms with Crippen molar-refractivity contribution in [1.29, 1.82) is 0 Å². The van der Waals surface area contributed by atoms with E-state index in [4.69, 9.17) is 5.73 Å². The van der Waals surface area contributed by atoms with Crippen molar-refractivity contribution in [3.05, 3.63) is 59.0 Å². The van der Waals surface area contributed by atoms with Gasteiger partial charge < -0.3 is 21.3 Å². The second kappa shape index (κ2) is 10.0. The molecule has 1 aromatic heterocycles. The number of carbonyl (C=O) groups is 1. The Morgan fingerprint density at radius 3 is 2.87 bits per heavy atom. The first kappa shape index (κ1) is 21.5. The van der Waals surface area contributed by atoms with Crippen LogP contribution in [0.15, 0.2) is 41.5 Å². The number of aryl methyl sites for hydroxylation is 1. The fourth-order valence-corrected chi connectivity index (χ4v) is 3.66. The van der Waals surface area contributed by atoms with E-state index in [-0.39, 0.29) is 17.6 Å². The van der Waals surface area contributed by atoms with Crippen LogP contribution >= 0.6 is 0 Å². The molecule has 0 aliphatic carbocycles. The average Bonchev–Trinajstić information content (AvgIpc) is 2.76. The standard InChI is InChI=1S/C22H29FN6O/c1-15-11-16(7-8-19(15)23)12-27-22(25-2)28-13-17-5-3-9-26-21(17)29-10-4-6-18(14-29)20(24)30/h3,5,7-9,11,18H,4,6,10,12-14H2,1-2H3,(H2,24,30)(H2,25,27,28). The molecule has 1 atom stereocenters. The molecular formula is C22H29FN6O. The van der Waals surface area contributed by atoms with E-state index in [0.29, 0.717) is 31.2 Å². The summed E-state index contributed by atoms with van der Waals surface area (Å²) in [6.45, 7) is 4.26. The maximum absolute atomic E-state index is 13.4. The molecule has 0 radical (unpaired) electrons. The van der Waals surface area contributed by atoms with E-state index >= 15 is 0 Å². The van der Waals surface area contributed by atoms with Crippen molar-refractivity contribution in [3.8, 4) is 0 Å². The van der Waals surface area contributed by atoms with Crippen LogP contribution in [0.4, 0.5) is 10.2 Å². The molecule has 2 aromatic rings. The van der Waals surface area contributed by atoms with E-state index in [9.17, 15) is 9.18 Å². The number of anilines is 1. The second-order valence-corrected chi connectivity index (χ2v) is 7.54. The Balaban J connectivity index is 1.62. The highest BCUT2D eigenvalue weighted by molar-refractivity contribution is 5.80. The van der Waals surface area contributed by atoms with E-state index in [1.165, 1.54) is 6.07 Å². The molecule has 3 rings (SSSR count). The molecule has 0 spiro atoms. The Morgan fingerprint density at radius 2 is 2.13 bits per heavy atom. The third kappa shape index (κ3) is 5.46. The minimum atomic E-state index is -0.254. The van der Waals surface area contributed by atoms with Crippen LogP contribution in [-0.4, -0.2) is 37.0 Å². The number of hydrogen-bond acceptors (Lipinski definition) is 4. The number of guanidine groups is 1. The first-order valence-corrected chi connectivity index (χ1v) is 10.2. The molecule has 1 fully saturated rings. The van der Waals surface area contributed by atoms with E-state index < -0.39 is 0 Å². The molecule has 1 unspecified atom stereocenters. The number of primary amides is 1. The van der Waals surface area contributed by atoms with Crippen molar-refractivity contribution in [1.82, 2.24) is 15.6 Å². The quantitative estimate of drug-likeness (QED) is 0.499. The first-order chi connectivity index (χ1) is 14.5. The van der Waals surface area contributed by atoms with Gasteiger partial charge in [-0.2, -0.15) is 0 Å². The number of piperidine rings is 1. The van der Waals surface area contributed by atoms with Crippen molar-refractivity contribution < 1.29 is 9.18 Å². The smallest absolute Gasteiger partial charge is 0.222 e. The third-order valence-corrected chi connectivity index (χ3v) is 5.34. The maximum Gasteiger partial charge on any atom is 0.222 e. The number of aromatic nitrogens is 1. The van der Waals surface area contributed by atoms with Crippen molar-refractivity contribution in [2.24, 2.45) is 16.6 Å². The molecule has 0 bridgehead atoms. The summed E-state index contributed by atoms with van der Waals surface area (Å²) in [5, 5.41) is 6.55. The normalized spacial score (nSPS) is 17.0. The predicted molar refractivity (Wildman–Crippen MR) is 117 cm³/mol. The predicted octanol–water partition coefficient (Wildman–Crippen LogP) is 2.10. The van der Waals surface area contributed by atoms with Gasteiger partial charge in [-0.25, -0.2) is 9.37 Å². The van der Waals surface area contributed by atoms with E-state index in [1.54, 1.807) is 26.2 Å². The van der Waals surface area contributed by atoms with Crippen LogP contribution in [0.3, 0.4) is 0 Å². The van der Waals surface area contributed by atoms with Crippen LogP contribution in [0, 0.1) is 18.7 Å². The molecule has 1 amide bonds. The summed E-state index contributed by atoms with van der Waals surface area (Å²) in [6.07, 6.45) is 3.50. The number of rotatable bonds is 6. The van der Waals surface area contributed by atoms with Crippen molar-refractivity contribution in [2.45, 2.75) is 32.9 Å². The Bertz CT molecular complexity index is 916. The Morgan fingerprint density at radius 1 is 1.33 bits per heavy atom. The zero-order valence-electron chi connectivity index (χ0n) is 17.5. The van der Waals surface area contributed by atoms with E-state index in [0.717, 1.165) is 36.3 Å². The number of nitrogens with zero attached hydrogens (tertiary/aromatic N) is 3. The van der Waals surface area contributed by atoms with Crippen LogP contribution in [0.2, 0.25) is 0 Å². The summed E-state index contributed by atoms with van der Waals surface area (Å²) in [4.78, 5) is 22.6. The molecule has 7 nitrogen and oxygen atoms in total. The van der Waals surface area contributed by atoms with Gasteiger partial charge in [-0.05, 0) is 43.0 Å². The zero-order chi connectivity index (χ0) is 21.5. The molecule has 4 N–H and O–H groups in total. The lowest BCUT2D eigenvalue weighted by atomic mass is 9.97. The third-order valence-electron chi connectivity index (χ3n) is 5.34. The van der Waals surface area contributed by atoms with Gasteiger partial charge in [0.1, 0.15) is 11.6 Å². The van der Waals surface area contributed by atoms with Crippen LogP contribution < -0.4 is 21.3 Å². The number of amides is 1. The number of aliphatic imine (C=N–C) groups is 1. The Kier molecular flexibility index (Phi) is 7.21. The van der Waals surface area contributed by atoms with E-state index in [2.05, 4.69) is 25.5 Å². The highest BCUT2D eigenvalue weighted by atomic mass is 19.1. The topological polar surface area (TPSA) is 95.6 Å². The first-order valence-electron chi connectivity index (χ1n) is 10.2. The summed E-state index contributed by atoms with van der Waals surface area (Å²) >= 11 is 0. The van der Waals surface area contributed by atoms with Gasteiger partial charge in [0, 0.05) is 45.0 Å². The van der Waals surface area contributed by atoms with Crippen LogP contribution in [0.1, 0.15) is 29.5 Å². The number of pyridine rings is 1. The Labute approximate surface area is 176 Å². The van der Waals surface area contributed by atoms with Gasteiger partial charge in [0.15, 0.2) is 5.96 Å². The van der Waals surface area contributed by atoms with Gasteiger partial charge in [0.2, 0.25) is 5.91 Å². The lowest BCUT2D eigenvalue weighted by Gasteiger charge is -2.33. The molecule has 1 aliphatic heterocycles. The number of benzene rings is 1. The molecular weight excluding hydrogens is 383 g/mol. The summed E-state index contributed by atoms with van der Waals surface area (Å²) in [5.74, 6) is 0.897. The monoisotopic (exact) mass is 412 g/mol. The van der Waals surface area contributed by atoms with Gasteiger partial charge >= 0.3 is 0 Å². The maximum atomic E-state index is 13.4. The van der Waals surface area contributed by atoms with Gasteiger partial charge in [-0.1, -0.05) is 18.2 Å². The molecule has 2 heterocycles. The van der Waals surface area contributed by atoms with Crippen LogP contribution in [0.5, 0.6) is 0 Å². The molecule has 1 aromatic carbocycles. The molecule has 8 heteroatoms. The minimum absolute atomic E-state index is 0.143. The number of halogens is 1. The van der Waals surface area contributed by atoms with Crippen LogP contribution in [0.25, 0.3) is 0 Å². The molecule has 30 heavy (non-hydrogen) atoms. The van der Waals surface area contributed by atoms with Gasteiger partial charge in [0.05, 0.1) is 5.92 Å². The van der Waals surface area contributed by atoms with E-state index in [1.807, 2.05) is 18.2 Å². The van der Waals surface area contributed by atoms with Gasteiger partial charge in [-0.15, -0.1) is 0 Å². The average molecular weight is 413 g/mol. The fourth-order valence-electron chi connectivity index (χ4n) is 3.66. The molecule has 1 aliphatic rings. The number of hydrogen-bond donors (Lipinski definition) is 3. The number of nitrogens with two attached hydrogens (primary N) is 1. The lowest BCUT2D eigenvalue weighted by Crippen LogP contribution is -2.42. The SMILES string of the molecule is CN=C(NCc1ccc(F)c(C)c1)NCc1cccnc1N1CCCC(C(N)=O)C1. The summed E-state index contributed by atoms with van der Waals surface area (Å²) in [6, 6.07) is 8.96. The highest BCUT2D eigenvalue weighted by Crippen LogP contribution is 2.24. The summed E-state index contributed by atoms with van der Waals surface area (Å²) in [5.41, 5.74) is 8.13. The fraction of sp³-hybridized carbons (Fsp3) is 0.409. The summed E-state index contributed by atoms with van der Waals surface area (Å²) < 4.78 is 13.4. The lowest BCUT2D eigenvalue weighted by molar-refractivity contribution is -0.122. The minimum Gasteiger partial charge on any atom is -0.369 e. The second-order valence-electron chi connectivity index (χ2n) is 7.54. The molecule has 0 saturated carbocycles.